The van der Waals surface area contributed by atoms with Crippen LogP contribution in [0.4, 0.5) is 0 Å². The minimum atomic E-state index is -0.171. The quantitative estimate of drug-likeness (QED) is 0.644. The highest BCUT2D eigenvalue weighted by atomic mass is 16.5. The standard InChI is InChI=1S/C22H25NO5/c1-26-12-10-23(11-13-27-2)15-18-19(24)9-8-17-21(25)20(28-22(17)18)14-16-6-4-3-5-7-16/h3-9,14,24H,10-13,15H2,1-2H3/p+1/b20-14-. The van der Waals surface area contributed by atoms with Gasteiger partial charge < -0.3 is 24.2 Å². The summed E-state index contributed by atoms with van der Waals surface area (Å²) in [5.74, 6) is 0.665. The number of methoxy groups -OCH3 is 2. The summed E-state index contributed by atoms with van der Waals surface area (Å²) in [4.78, 5) is 13.9. The third kappa shape index (κ3) is 4.59. The Bertz CT molecular complexity index is 840. The van der Waals surface area contributed by atoms with Gasteiger partial charge in [-0.2, -0.15) is 0 Å². The summed E-state index contributed by atoms with van der Waals surface area (Å²) in [6.07, 6.45) is 1.73. The van der Waals surface area contributed by atoms with Crippen LogP contribution in [0.5, 0.6) is 11.5 Å². The molecule has 28 heavy (non-hydrogen) atoms. The molecule has 6 nitrogen and oxygen atoms in total. The van der Waals surface area contributed by atoms with Crippen LogP contribution in [0.2, 0.25) is 0 Å². The molecule has 0 unspecified atom stereocenters. The molecule has 0 aliphatic carbocycles. The van der Waals surface area contributed by atoms with Gasteiger partial charge in [-0.1, -0.05) is 30.3 Å². The minimum absolute atomic E-state index is 0.125. The van der Waals surface area contributed by atoms with Crippen molar-refractivity contribution in [3.05, 3.63) is 64.9 Å². The van der Waals surface area contributed by atoms with Crippen molar-refractivity contribution in [2.75, 3.05) is 40.5 Å². The van der Waals surface area contributed by atoms with Gasteiger partial charge in [-0.3, -0.25) is 4.79 Å². The molecule has 1 aliphatic heterocycles. The summed E-state index contributed by atoms with van der Waals surface area (Å²) >= 11 is 0. The zero-order valence-corrected chi connectivity index (χ0v) is 16.2. The molecule has 0 saturated carbocycles. The Labute approximate surface area is 164 Å². The number of phenolic OH excluding ortho intramolecular Hbond substituents is 1. The summed E-state index contributed by atoms with van der Waals surface area (Å²) < 4.78 is 16.3. The van der Waals surface area contributed by atoms with E-state index in [-0.39, 0.29) is 17.3 Å². The van der Waals surface area contributed by atoms with Gasteiger partial charge in [0.25, 0.3) is 0 Å². The number of ether oxygens (including phenoxy) is 3. The Kier molecular flexibility index (Phi) is 6.81. The summed E-state index contributed by atoms with van der Waals surface area (Å²) in [6, 6.07) is 12.7. The van der Waals surface area contributed by atoms with E-state index in [1.807, 2.05) is 30.3 Å². The number of benzene rings is 2. The fraction of sp³-hybridized carbons (Fsp3) is 0.318. The molecule has 0 saturated heterocycles. The number of hydrogen-bond acceptors (Lipinski definition) is 5. The van der Waals surface area contributed by atoms with Crippen LogP contribution in [0.25, 0.3) is 6.08 Å². The number of aromatic hydroxyl groups is 1. The van der Waals surface area contributed by atoms with Gasteiger partial charge in [0, 0.05) is 14.2 Å². The Hall–Kier alpha value is -2.67. The Morgan fingerprint density at radius 1 is 1.04 bits per heavy atom. The van der Waals surface area contributed by atoms with Crippen LogP contribution in [-0.4, -0.2) is 51.4 Å². The SMILES string of the molecule is COCC[NH+](CCOC)Cc1c(O)ccc2c1O/C(=C\c1ccccc1)C2=O. The molecule has 6 heteroatoms. The Morgan fingerprint density at radius 3 is 2.36 bits per heavy atom. The lowest BCUT2D eigenvalue weighted by Crippen LogP contribution is -3.11. The van der Waals surface area contributed by atoms with Gasteiger partial charge in [0.15, 0.2) is 11.5 Å². The van der Waals surface area contributed by atoms with Gasteiger partial charge in [-0.05, 0) is 23.8 Å². The maximum absolute atomic E-state index is 12.8. The average molecular weight is 384 g/mol. The number of allylic oxidation sites excluding steroid dienone is 1. The first-order valence-corrected chi connectivity index (χ1v) is 9.29. The number of carbonyl (C=O) groups excluding carboxylic acids is 1. The summed E-state index contributed by atoms with van der Waals surface area (Å²) in [5.41, 5.74) is 1.99. The molecule has 0 fully saturated rings. The lowest BCUT2D eigenvalue weighted by molar-refractivity contribution is -0.914. The molecular formula is C22H26NO5+. The minimum Gasteiger partial charge on any atom is -0.507 e. The van der Waals surface area contributed by atoms with E-state index in [0.29, 0.717) is 36.6 Å². The maximum atomic E-state index is 12.8. The van der Waals surface area contributed by atoms with Crippen LogP contribution < -0.4 is 9.64 Å². The number of fused-ring (bicyclic) bond motifs is 1. The van der Waals surface area contributed by atoms with E-state index in [9.17, 15) is 9.90 Å². The Balaban J connectivity index is 1.88. The number of Topliss-reactive ketones (excluding diaryl/α,β-unsaturated/α-hetero) is 1. The second-order valence-corrected chi connectivity index (χ2v) is 6.70. The van der Waals surface area contributed by atoms with E-state index >= 15 is 0 Å². The van der Waals surface area contributed by atoms with Crippen molar-refractivity contribution >= 4 is 11.9 Å². The molecule has 1 aliphatic rings. The molecule has 0 radical (unpaired) electrons. The number of phenols is 1. The van der Waals surface area contributed by atoms with Gasteiger partial charge in [0.1, 0.15) is 25.4 Å². The van der Waals surface area contributed by atoms with E-state index < -0.39 is 0 Å². The maximum Gasteiger partial charge on any atom is 0.231 e. The molecule has 2 aromatic rings. The second kappa shape index (κ2) is 9.50. The first-order valence-electron chi connectivity index (χ1n) is 9.29. The van der Waals surface area contributed by atoms with Crippen LogP contribution in [0.1, 0.15) is 21.5 Å². The predicted octanol–water partition coefficient (Wildman–Crippen LogP) is 1.69. The third-order valence-electron chi connectivity index (χ3n) is 4.76. The summed E-state index contributed by atoms with van der Waals surface area (Å²) in [7, 11) is 3.32. The van der Waals surface area contributed by atoms with Crippen LogP contribution in [0.15, 0.2) is 48.2 Å². The molecule has 0 spiro atoms. The fourth-order valence-electron chi connectivity index (χ4n) is 3.21. The zero-order valence-electron chi connectivity index (χ0n) is 16.2. The number of quaternary nitrogens is 1. The van der Waals surface area contributed by atoms with Gasteiger partial charge in [-0.15, -0.1) is 0 Å². The molecule has 148 valence electrons. The second-order valence-electron chi connectivity index (χ2n) is 6.70. The molecule has 2 aromatic carbocycles. The Morgan fingerprint density at radius 2 is 1.71 bits per heavy atom. The largest absolute Gasteiger partial charge is 0.507 e. The molecule has 0 amide bonds. The van der Waals surface area contributed by atoms with Gasteiger partial charge in [-0.25, -0.2) is 0 Å². The van der Waals surface area contributed by atoms with E-state index in [4.69, 9.17) is 14.2 Å². The number of carbonyl (C=O) groups is 1. The topological polar surface area (TPSA) is 69.4 Å². The van der Waals surface area contributed by atoms with E-state index in [1.165, 1.54) is 4.90 Å². The van der Waals surface area contributed by atoms with E-state index in [1.54, 1.807) is 32.4 Å². The van der Waals surface area contributed by atoms with Crippen molar-refractivity contribution in [1.29, 1.82) is 0 Å². The highest BCUT2D eigenvalue weighted by Crippen LogP contribution is 2.39. The molecule has 3 rings (SSSR count). The first kappa shape index (κ1) is 20.1. The molecular weight excluding hydrogens is 358 g/mol. The first-order chi connectivity index (χ1) is 13.6. The van der Waals surface area contributed by atoms with Gasteiger partial charge >= 0.3 is 0 Å². The smallest absolute Gasteiger partial charge is 0.231 e. The van der Waals surface area contributed by atoms with Crippen molar-refractivity contribution in [3.8, 4) is 11.5 Å². The molecule has 0 bridgehead atoms. The van der Waals surface area contributed by atoms with Crippen LogP contribution in [0, 0.1) is 0 Å². The van der Waals surface area contributed by atoms with Gasteiger partial charge in [0.2, 0.25) is 5.78 Å². The van der Waals surface area contributed by atoms with Crippen LogP contribution in [-0.2, 0) is 16.0 Å². The van der Waals surface area contributed by atoms with E-state index in [0.717, 1.165) is 18.7 Å². The van der Waals surface area contributed by atoms with Crippen molar-refractivity contribution < 1.29 is 29.0 Å². The average Bonchev–Trinajstić information content (AvgIpc) is 3.02. The van der Waals surface area contributed by atoms with Crippen molar-refractivity contribution in [3.63, 3.8) is 0 Å². The van der Waals surface area contributed by atoms with Crippen molar-refractivity contribution in [1.82, 2.24) is 0 Å². The number of rotatable bonds is 9. The summed E-state index contributed by atoms with van der Waals surface area (Å²) in [6.45, 7) is 3.20. The molecule has 0 atom stereocenters. The molecule has 2 N–H and O–H groups in total. The van der Waals surface area contributed by atoms with Crippen molar-refractivity contribution in [2.45, 2.75) is 6.54 Å². The number of nitrogens with one attached hydrogen (secondary N) is 1. The monoisotopic (exact) mass is 384 g/mol. The third-order valence-corrected chi connectivity index (χ3v) is 4.76. The summed E-state index contributed by atoms with van der Waals surface area (Å²) in [5, 5.41) is 10.5. The van der Waals surface area contributed by atoms with Crippen LogP contribution >= 0.6 is 0 Å². The number of ketones is 1. The normalized spacial score (nSPS) is 14.5. The van der Waals surface area contributed by atoms with Crippen molar-refractivity contribution in [2.24, 2.45) is 0 Å². The zero-order chi connectivity index (χ0) is 19.9. The predicted molar refractivity (Wildman–Crippen MR) is 106 cm³/mol. The lowest BCUT2D eigenvalue weighted by atomic mass is 10.0. The van der Waals surface area contributed by atoms with E-state index in [2.05, 4.69) is 0 Å². The molecule has 1 heterocycles. The highest BCUT2D eigenvalue weighted by Gasteiger charge is 2.32. The number of hydrogen-bond donors (Lipinski definition) is 2. The fourth-order valence-corrected chi connectivity index (χ4v) is 3.21. The van der Waals surface area contributed by atoms with Gasteiger partial charge in [0.05, 0.1) is 24.3 Å². The van der Waals surface area contributed by atoms with Crippen LogP contribution in [0.3, 0.4) is 0 Å². The molecule has 0 aromatic heterocycles. The lowest BCUT2D eigenvalue weighted by Gasteiger charge is -2.20. The highest BCUT2D eigenvalue weighted by molar-refractivity contribution is 6.14.